The van der Waals surface area contributed by atoms with E-state index in [9.17, 15) is 14.7 Å². The van der Waals surface area contributed by atoms with Gasteiger partial charge in [0.05, 0.1) is 12.1 Å². The van der Waals surface area contributed by atoms with Gasteiger partial charge in [-0.1, -0.05) is 0 Å². The summed E-state index contributed by atoms with van der Waals surface area (Å²) in [4.78, 5) is 26.2. The van der Waals surface area contributed by atoms with Crippen LogP contribution in [0.4, 0.5) is 10.5 Å². The fraction of sp³-hybridized carbons (Fsp3) is 0.450. The summed E-state index contributed by atoms with van der Waals surface area (Å²) < 4.78 is 1.86. The van der Waals surface area contributed by atoms with Gasteiger partial charge in [0.1, 0.15) is 0 Å². The van der Waals surface area contributed by atoms with E-state index in [1.807, 2.05) is 23.9 Å². The molecule has 3 atom stereocenters. The lowest BCUT2D eigenvalue weighted by Crippen LogP contribution is -2.40. The Labute approximate surface area is 163 Å². The van der Waals surface area contributed by atoms with Crippen LogP contribution >= 0.6 is 0 Å². The summed E-state index contributed by atoms with van der Waals surface area (Å²) in [7, 11) is 0. The third kappa shape index (κ3) is 3.73. The standard InChI is InChI=1S/C20H25N5O3/c1-13-9-15(3-4-17(13)25-8-6-21-20(25)28)19(27)23-16-10-14(11-18(16)26)12-24-7-2-5-22-24/h2-5,7,9,14,16,18,26H,6,8,10-12H2,1H3,(H,21,28)(H,23,27)/t14?,16-,18-/m1/s1. The average Bonchev–Trinajstić information content (AvgIpc) is 3.39. The van der Waals surface area contributed by atoms with E-state index < -0.39 is 6.10 Å². The number of rotatable bonds is 5. The van der Waals surface area contributed by atoms with Gasteiger partial charge in [0.15, 0.2) is 0 Å². The molecule has 1 saturated carbocycles. The monoisotopic (exact) mass is 383 g/mol. The molecule has 3 N–H and O–H groups in total. The normalized spacial score (nSPS) is 24.4. The van der Waals surface area contributed by atoms with Gasteiger partial charge in [0, 0.05) is 43.3 Å². The van der Waals surface area contributed by atoms with Gasteiger partial charge in [-0.3, -0.25) is 14.4 Å². The number of carbonyl (C=O) groups is 2. The van der Waals surface area contributed by atoms with E-state index in [-0.39, 0.29) is 23.9 Å². The Morgan fingerprint density at radius 2 is 2.25 bits per heavy atom. The molecule has 1 aliphatic heterocycles. The summed E-state index contributed by atoms with van der Waals surface area (Å²) in [5.74, 6) is 0.0716. The zero-order valence-electron chi connectivity index (χ0n) is 15.8. The molecule has 148 valence electrons. The molecule has 2 aliphatic rings. The smallest absolute Gasteiger partial charge is 0.322 e. The van der Waals surface area contributed by atoms with E-state index in [0.717, 1.165) is 24.2 Å². The van der Waals surface area contributed by atoms with Crippen LogP contribution in [0.1, 0.15) is 28.8 Å². The first-order chi connectivity index (χ1) is 13.5. The minimum absolute atomic E-state index is 0.113. The lowest BCUT2D eigenvalue weighted by atomic mass is 10.1. The number of aliphatic hydroxyl groups excluding tert-OH is 1. The van der Waals surface area contributed by atoms with Crippen LogP contribution in [0.3, 0.4) is 0 Å². The number of anilines is 1. The summed E-state index contributed by atoms with van der Waals surface area (Å²) in [6, 6.07) is 6.82. The maximum Gasteiger partial charge on any atom is 0.322 e. The zero-order valence-corrected chi connectivity index (χ0v) is 15.8. The number of amides is 3. The van der Waals surface area contributed by atoms with Gasteiger partial charge >= 0.3 is 6.03 Å². The first kappa shape index (κ1) is 18.5. The average molecular weight is 383 g/mol. The molecule has 0 radical (unpaired) electrons. The third-order valence-electron chi connectivity index (χ3n) is 5.55. The Kier molecular flexibility index (Phi) is 5.04. The summed E-state index contributed by atoms with van der Waals surface area (Å²) in [5.41, 5.74) is 2.21. The van der Waals surface area contributed by atoms with Crippen LogP contribution in [-0.4, -0.2) is 52.1 Å². The predicted molar refractivity (Wildman–Crippen MR) is 104 cm³/mol. The van der Waals surface area contributed by atoms with Gasteiger partial charge in [-0.05, 0) is 55.5 Å². The van der Waals surface area contributed by atoms with Gasteiger partial charge in [-0.15, -0.1) is 0 Å². The number of hydrogen-bond donors (Lipinski definition) is 3. The minimum Gasteiger partial charge on any atom is -0.391 e. The quantitative estimate of drug-likeness (QED) is 0.724. The molecular weight excluding hydrogens is 358 g/mol. The van der Waals surface area contributed by atoms with E-state index in [0.29, 0.717) is 25.1 Å². The van der Waals surface area contributed by atoms with Crippen molar-refractivity contribution in [2.45, 2.75) is 38.5 Å². The fourth-order valence-electron chi connectivity index (χ4n) is 4.15. The second-order valence-corrected chi connectivity index (χ2v) is 7.60. The van der Waals surface area contributed by atoms with Crippen LogP contribution in [0.2, 0.25) is 0 Å². The number of hydrogen-bond acceptors (Lipinski definition) is 4. The van der Waals surface area contributed by atoms with Gasteiger partial charge < -0.3 is 15.7 Å². The number of carbonyl (C=O) groups excluding carboxylic acids is 2. The molecule has 1 aromatic carbocycles. The van der Waals surface area contributed by atoms with E-state index in [4.69, 9.17) is 0 Å². The van der Waals surface area contributed by atoms with E-state index in [1.165, 1.54) is 0 Å². The van der Waals surface area contributed by atoms with Crippen molar-refractivity contribution < 1.29 is 14.7 Å². The highest BCUT2D eigenvalue weighted by Crippen LogP contribution is 2.28. The maximum atomic E-state index is 12.7. The molecule has 0 bridgehead atoms. The van der Waals surface area contributed by atoms with Crippen LogP contribution in [-0.2, 0) is 6.54 Å². The van der Waals surface area contributed by atoms with Crippen LogP contribution in [0, 0.1) is 12.8 Å². The van der Waals surface area contributed by atoms with Crippen LogP contribution in [0.5, 0.6) is 0 Å². The molecule has 0 spiro atoms. The van der Waals surface area contributed by atoms with Crippen molar-refractivity contribution >= 4 is 17.6 Å². The Bertz CT molecular complexity index is 867. The molecule has 1 aromatic heterocycles. The summed E-state index contributed by atoms with van der Waals surface area (Å²) in [5, 5.41) is 20.3. The Balaban J connectivity index is 1.39. The topological polar surface area (TPSA) is 99.5 Å². The molecule has 8 nitrogen and oxygen atoms in total. The van der Waals surface area contributed by atoms with Crippen molar-refractivity contribution in [3.05, 3.63) is 47.8 Å². The highest BCUT2D eigenvalue weighted by molar-refractivity contribution is 5.98. The second kappa shape index (κ2) is 7.63. The zero-order chi connectivity index (χ0) is 19.7. The lowest BCUT2D eigenvalue weighted by molar-refractivity contribution is 0.0872. The van der Waals surface area contributed by atoms with Crippen molar-refractivity contribution in [1.82, 2.24) is 20.4 Å². The van der Waals surface area contributed by atoms with E-state index in [1.54, 1.807) is 29.3 Å². The number of benzene rings is 1. The maximum absolute atomic E-state index is 12.7. The molecule has 2 heterocycles. The Morgan fingerprint density at radius 3 is 2.93 bits per heavy atom. The van der Waals surface area contributed by atoms with Crippen LogP contribution in [0.25, 0.3) is 0 Å². The van der Waals surface area contributed by atoms with Crippen molar-refractivity contribution in [2.75, 3.05) is 18.0 Å². The third-order valence-corrected chi connectivity index (χ3v) is 5.55. The fourth-order valence-corrected chi connectivity index (χ4v) is 4.15. The highest BCUT2D eigenvalue weighted by Gasteiger charge is 2.34. The lowest BCUT2D eigenvalue weighted by Gasteiger charge is -2.19. The van der Waals surface area contributed by atoms with E-state index in [2.05, 4.69) is 15.7 Å². The molecule has 1 unspecified atom stereocenters. The van der Waals surface area contributed by atoms with Gasteiger partial charge in [-0.2, -0.15) is 5.10 Å². The molecule has 2 aromatic rings. The molecule has 1 saturated heterocycles. The summed E-state index contributed by atoms with van der Waals surface area (Å²) in [6.45, 7) is 3.88. The molecular formula is C20H25N5O3. The molecule has 3 amide bonds. The summed E-state index contributed by atoms with van der Waals surface area (Å²) in [6.07, 6.45) is 4.45. The van der Waals surface area contributed by atoms with Crippen LogP contribution in [0.15, 0.2) is 36.7 Å². The minimum atomic E-state index is -0.557. The second-order valence-electron chi connectivity index (χ2n) is 7.60. The van der Waals surface area contributed by atoms with Crippen molar-refractivity contribution in [3.8, 4) is 0 Å². The summed E-state index contributed by atoms with van der Waals surface area (Å²) >= 11 is 0. The van der Waals surface area contributed by atoms with Crippen molar-refractivity contribution in [2.24, 2.45) is 5.92 Å². The van der Waals surface area contributed by atoms with Crippen molar-refractivity contribution in [3.63, 3.8) is 0 Å². The SMILES string of the molecule is Cc1cc(C(=O)N[C@@H]2CC(Cn3cccn3)C[C@H]2O)ccc1N1CCNC1=O. The van der Waals surface area contributed by atoms with Gasteiger partial charge in [0.25, 0.3) is 5.91 Å². The Morgan fingerprint density at radius 1 is 1.39 bits per heavy atom. The van der Waals surface area contributed by atoms with Gasteiger partial charge in [-0.25, -0.2) is 4.79 Å². The van der Waals surface area contributed by atoms with Gasteiger partial charge in [0.2, 0.25) is 0 Å². The van der Waals surface area contributed by atoms with Crippen molar-refractivity contribution in [1.29, 1.82) is 0 Å². The molecule has 2 fully saturated rings. The number of nitrogens with one attached hydrogen (secondary N) is 2. The number of aliphatic hydroxyl groups is 1. The molecule has 4 rings (SSSR count). The van der Waals surface area contributed by atoms with E-state index >= 15 is 0 Å². The molecule has 1 aliphatic carbocycles. The number of nitrogens with zero attached hydrogens (tertiary/aromatic N) is 3. The number of urea groups is 1. The molecule has 8 heteroatoms. The first-order valence-electron chi connectivity index (χ1n) is 9.63. The largest absolute Gasteiger partial charge is 0.391 e. The number of aryl methyl sites for hydroxylation is 1. The predicted octanol–water partition coefficient (Wildman–Crippen LogP) is 1.29. The van der Waals surface area contributed by atoms with Crippen LogP contribution < -0.4 is 15.5 Å². The molecule has 28 heavy (non-hydrogen) atoms. The first-order valence-corrected chi connectivity index (χ1v) is 9.63. The number of aromatic nitrogens is 2. The Hall–Kier alpha value is -2.87. The highest BCUT2D eigenvalue weighted by atomic mass is 16.3.